The summed E-state index contributed by atoms with van der Waals surface area (Å²) in [5, 5.41) is 6.00. The third-order valence-corrected chi connectivity index (χ3v) is 4.55. The number of benzene rings is 1. The van der Waals surface area contributed by atoms with E-state index in [9.17, 15) is 4.79 Å². The number of likely N-dealkylation sites (tertiary alicyclic amines) is 1. The number of nitrogens with zero attached hydrogens (tertiary/aromatic N) is 3. The van der Waals surface area contributed by atoms with Crippen LogP contribution in [0.25, 0.3) is 0 Å². The Morgan fingerprint density at radius 2 is 1.92 bits per heavy atom. The lowest BCUT2D eigenvalue weighted by atomic mass is 10.0. The van der Waals surface area contributed by atoms with Crippen molar-refractivity contribution in [3.63, 3.8) is 0 Å². The molecule has 0 aliphatic carbocycles. The predicted octanol–water partition coefficient (Wildman–Crippen LogP) is 2.19. The Labute approximate surface area is 148 Å². The molecule has 6 nitrogen and oxygen atoms in total. The molecular weight excluding hydrogens is 314 g/mol. The van der Waals surface area contributed by atoms with E-state index in [2.05, 4.69) is 37.6 Å². The topological polar surface area (TPSA) is 70.2 Å². The Bertz CT molecular complexity index is 674. The molecule has 2 N–H and O–H groups in total. The van der Waals surface area contributed by atoms with Gasteiger partial charge in [-0.1, -0.05) is 36.8 Å². The zero-order valence-corrected chi connectivity index (χ0v) is 14.6. The fraction of sp³-hybridized carbons (Fsp3) is 0.421. The minimum atomic E-state index is -0.0466. The molecule has 6 heteroatoms. The summed E-state index contributed by atoms with van der Waals surface area (Å²) in [6.07, 6.45) is 6.83. The molecule has 1 amide bonds. The fourth-order valence-corrected chi connectivity index (χ4v) is 3.18. The van der Waals surface area contributed by atoms with Crippen molar-refractivity contribution in [2.75, 3.05) is 18.9 Å². The van der Waals surface area contributed by atoms with Gasteiger partial charge in [0.15, 0.2) is 0 Å². The molecule has 1 aliphatic rings. The van der Waals surface area contributed by atoms with Crippen molar-refractivity contribution in [3.8, 4) is 0 Å². The van der Waals surface area contributed by atoms with Crippen LogP contribution in [0, 0.1) is 0 Å². The molecule has 1 aromatic carbocycles. The van der Waals surface area contributed by atoms with Crippen LogP contribution < -0.4 is 10.6 Å². The number of hydrogen-bond acceptors (Lipinski definition) is 5. The van der Waals surface area contributed by atoms with Crippen LogP contribution in [0.15, 0.2) is 42.7 Å². The van der Waals surface area contributed by atoms with Gasteiger partial charge in [-0.2, -0.15) is 0 Å². The van der Waals surface area contributed by atoms with Gasteiger partial charge in [0.1, 0.15) is 0 Å². The molecule has 1 aliphatic heterocycles. The van der Waals surface area contributed by atoms with Crippen molar-refractivity contribution in [2.45, 2.75) is 38.4 Å². The molecule has 0 bridgehead atoms. The van der Waals surface area contributed by atoms with Crippen molar-refractivity contribution in [2.24, 2.45) is 0 Å². The highest BCUT2D eigenvalue weighted by Gasteiger charge is 2.27. The summed E-state index contributed by atoms with van der Waals surface area (Å²) in [6.45, 7) is 2.34. The van der Waals surface area contributed by atoms with E-state index < -0.39 is 0 Å². The highest BCUT2D eigenvalue weighted by molar-refractivity contribution is 5.81. The smallest absolute Gasteiger partial charge is 0.237 e. The number of amides is 1. The molecule has 1 atom stereocenters. The first-order chi connectivity index (χ1) is 12.3. The quantitative estimate of drug-likeness (QED) is 0.844. The van der Waals surface area contributed by atoms with Gasteiger partial charge in [-0.25, -0.2) is 9.97 Å². The van der Waals surface area contributed by atoms with E-state index >= 15 is 0 Å². The lowest BCUT2D eigenvalue weighted by molar-refractivity contribution is -0.127. The van der Waals surface area contributed by atoms with Gasteiger partial charge in [0, 0.05) is 38.1 Å². The molecule has 1 fully saturated rings. The second-order valence-electron chi connectivity index (χ2n) is 6.35. The average molecular weight is 339 g/mol. The van der Waals surface area contributed by atoms with Gasteiger partial charge in [-0.15, -0.1) is 0 Å². The molecule has 132 valence electrons. The number of nitrogens with one attached hydrogen (secondary N) is 2. The van der Waals surface area contributed by atoms with Gasteiger partial charge in [0.25, 0.3) is 0 Å². The van der Waals surface area contributed by atoms with Crippen molar-refractivity contribution >= 4 is 11.9 Å². The first kappa shape index (κ1) is 17.4. The standard InChI is InChI=1S/C19H25N5O/c1-20-18(25)17-9-5-6-10-24(17)14-16-12-22-19(23-13-16)21-11-15-7-3-2-4-8-15/h2-4,7-8,12-13,17H,5-6,9-11,14H2,1H3,(H,20,25)(H,21,22,23). The van der Waals surface area contributed by atoms with E-state index in [0.29, 0.717) is 19.0 Å². The maximum atomic E-state index is 12.0. The summed E-state index contributed by atoms with van der Waals surface area (Å²) < 4.78 is 0. The van der Waals surface area contributed by atoms with Gasteiger partial charge in [-0.05, 0) is 24.9 Å². The average Bonchev–Trinajstić information content (AvgIpc) is 2.68. The summed E-state index contributed by atoms with van der Waals surface area (Å²) in [7, 11) is 1.70. The van der Waals surface area contributed by atoms with Crippen molar-refractivity contribution in [1.82, 2.24) is 20.2 Å². The molecule has 0 spiro atoms. The lowest BCUT2D eigenvalue weighted by Gasteiger charge is -2.34. The summed E-state index contributed by atoms with van der Waals surface area (Å²) in [6, 6.07) is 10.1. The monoisotopic (exact) mass is 339 g/mol. The number of carbonyl (C=O) groups excluding carboxylic acids is 1. The van der Waals surface area contributed by atoms with Gasteiger partial charge >= 0.3 is 0 Å². The minimum Gasteiger partial charge on any atom is -0.358 e. The summed E-state index contributed by atoms with van der Waals surface area (Å²) >= 11 is 0. The number of hydrogen-bond donors (Lipinski definition) is 2. The highest BCUT2D eigenvalue weighted by atomic mass is 16.2. The van der Waals surface area contributed by atoms with Crippen LogP contribution in [0.4, 0.5) is 5.95 Å². The van der Waals surface area contributed by atoms with Crippen LogP contribution in [-0.4, -0.2) is 40.4 Å². The molecule has 3 rings (SSSR count). The molecular formula is C19H25N5O. The Hall–Kier alpha value is -2.47. The van der Waals surface area contributed by atoms with Crippen LogP contribution in [0.1, 0.15) is 30.4 Å². The Kier molecular flexibility index (Phi) is 5.95. The van der Waals surface area contributed by atoms with E-state index in [-0.39, 0.29) is 11.9 Å². The van der Waals surface area contributed by atoms with E-state index in [4.69, 9.17) is 0 Å². The molecule has 25 heavy (non-hydrogen) atoms. The van der Waals surface area contributed by atoms with Crippen LogP contribution in [0.3, 0.4) is 0 Å². The van der Waals surface area contributed by atoms with Crippen LogP contribution in [0.2, 0.25) is 0 Å². The molecule has 1 unspecified atom stereocenters. The minimum absolute atomic E-state index is 0.0466. The lowest BCUT2D eigenvalue weighted by Crippen LogP contribution is -2.48. The zero-order chi connectivity index (χ0) is 17.5. The maximum absolute atomic E-state index is 12.0. The number of anilines is 1. The van der Waals surface area contributed by atoms with E-state index in [1.165, 1.54) is 5.56 Å². The summed E-state index contributed by atoms with van der Waals surface area (Å²) in [5.41, 5.74) is 2.22. The van der Waals surface area contributed by atoms with Gasteiger partial charge in [-0.3, -0.25) is 9.69 Å². The SMILES string of the molecule is CNC(=O)C1CCCCN1Cc1cnc(NCc2ccccc2)nc1. The summed E-state index contributed by atoms with van der Waals surface area (Å²) in [4.78, 5) is 23.1. The number of carbonyl (C=O) groups is 1. The van der Waals surface area contributed by atoms with Crippen molar-refractivity contribution in [3.05, 3.63) is 53.9 Å². The van der Waals surface area contributed by atoms with E-state index in [0.717, 1.165) is 31.4 Å². The number of aromatic nitrogens is 2. The van der Waals surface area contributed by atoms with E-state index in [1.54, 1.807) is 7.05 Å². The third-order valence-electron chi connectivity index (χ3n) is 4.55. The molecule has 0 saturated carbocycles. The van der Waals surface area contributed by atoms with Crippen LogP contribution >= 0.6 is 0 Å². The molecule has 2 aromatic rings. The number of likely N-dealkylation sites (N-methyl/N-ethyl adjacent to an activating group) is 1. The largest absolute Gasteiger partial charge is 0.358 e. The van der Waals surface area contributed by atoms with Crippen molar-refractivity contribution in [1.29, 1.82) is 0 Å². The van der Waals surface area contributed by atoms with Crippen LogP contribution in [0.5, 0.6) is 0 Å². The first-order valence-electron chi connectivity index (χ1n) is 8.80. The van der Waals surface area contributed by atoms with Gasteiger partial charge in [0.2, 0.25) is 11.9 Å². The normalized spacial score (nSPS) is 17.9. The first-order valence-corrected chi connectivity index (χ1v) is 8.80. The Morgan fingerprint density at radius 1 is 1.16 bits per heavy atom. The maximum Gasteiger partial charge on any atom is 0.237 e. The summed E-state index contributed by atoms with van der Waals surface area (Å²) in [5.74, 6) is 0.718. The van der Waals surface area contributed by atoms with Gasteiger partial charge < -0.3 is 10.6 Å². The van der Waals surface area contributed by atoms with Crippen molar-refractivity contribution < 1.29 is 4.79 Å². The van der Waals surface area contributed by atoms with Crippen LogP contribution in [-0.2, 0) is 17.9 Å². The molecule has 1 saturated heterocycles. The highest BCUT2D eigenvalue weighted by Crippen LogP contribution is 2.19. The molecule has 0 radical (unpaired) electrons. The third kappa shape index (κ3) is 4.76. The Morgan fingerprint density at radius 3 is 2.64 bits per heavy atom. The second kappa shape index (κ2) is 8.58. The zero-order valence-electron chi connectivity index (χ0n) is 14.6. The Balaban J connectivity index is 1.57. The van der Waals surface area contributed by atoms with Gasteiger partial charge in [0.05, 0.1) is 6.04 Å². The fourth-order valence-electron chi connectivity index (χ4n) is 3.18. The number of rotatable bonds is 6. The van der Waals surface area contributed by atoms with E-state index in [1.807, 2.05) is 30.6 Å². The predicted molar refractivity (Wildman–Crippen MR) is 97.9 cm³/mol. The molecule has 1 aromatic heterocycles. The molecule has 2 heterocycles. The number of piperidine rings is 1. The second-order valence-corrected chi connectivity index (χ2v) is 6.35.